The van der Waals surface area contributed by atoms with E-state index in [0.717, 1.165) is 38.9 Å². The molecule has 1 fully saturated rings. The van der Waals surface area contributed by atoms with Crippen LogP contribution in [-0.2, 0) is 11.2 Å². The Kier molecular flexibility index (Phi) is 5.83. The van der Waals surface area contributed by atoms with Gasteiger partial charge in [0.2, 0.25) is 0 Å². The monoisotopic (exact) mass is 304 g/mol. The Hall–Kier alpha value is -1.55. The van der Waals surface area contributed by atoms with Crippen LogP contribution < -0.4 is 5.32 Å². The third kappa shape index (κ3) is 5.68. The zero-order valence-electron chi connectivity index (χ0n) is 14.0. The van der Waals surface area contributed by atoms with E-state index in [-0.39, 0.29) is 6.09 Å². The molecular weight excluding hydrogens is 276 g/mol. The van der Waals surface area contributed by atoms with Gasteiger partial charge in [-0.2, -0.15) is 0 Å². The molecule has 1 aromatic carbocycles. The number of amides is 1. The summed E-state index contributed by atoms with van der Waals surface area (Å²) in [7, 11) is 0. The fourth-order valence-electron chi connectivity index (χ4n) is 2.66. The van der Waals surface area contributed by atoms with Crippen LogP contribution in [0.5, 0.6) is 0 Å². The van der Waals surface area contributed by atoms with Gasteiger partial charge in [0.15, 0.2) is 0 Å². The summed E-state index contributed by atoms with van der Waals surface area (Å²) in [5.41, 5.74) is 0.962. The van der Waals surface area contributed by atoms with E-state index >= 15 is 0 Å². The van der Waals surface area contributed by atoms with Crippen molar-refractivity contribution in [3.05, 3.63) is 35.9 Å². The van der Waals surface area contributed by atoms with Crippen LogP contribution in [0.1, 0.15) is 39.2 Å². The standard InChI is InChI=1S/C18H28N2O2/c1-18(2,3)22-17(21)20-13-11-16(14-20)19-12-7-10-15-8-5-4-6-9-15/h4-6,8-9,16,19H,7,10-14H2,1-3H3. The van der Waals surface area contributed by atoms with Gasteiger partial charge in [-0.05, 0) is 52.1 Å². The van der Waals surface area contributed by atoms with Crippen molar-refractivity contribution >= 4 is 6.09 Å². The summed E-state index contributed by atoms with van der Waals surface area (Å²) in [5, 5.41) is 3.55. The molecule has 1 aliphatic heterocycles. The van der Waals surface area contributed by atoms with Gasteiger partial charge < -0.3 is 15.0 Å². The van der Waals surface area contributed by atoms with Crippen molar-refractivity contribution in [2.45, 2.75) is 51.7 Å². The molecule has 22 heavy (non-hydrogen) atoms. The Bertz CT molecular complexity index is 468. The highest BCUT2D eigenvalue weighted by atomic mass is 16.6. The number of likely N-dealkylation sites (tertiary alicyclic amines) is 1. The van der Waals surface area contributed by atoms with Gasteiger partial charge in [0.05, 0.1) is 0 Å². The van der Waals surface area contributed by atoms with Crippen LogP contribution >= 0.6 is 0 Å². The average Bonchev–Trinajstić information content (AvgIpc) is 2.92. The molecule has 1 aliphatic rings. The Balaban J connectivity index is 1.63. The van der Waals surface area contributed by atoms with Crippen LogP contribution in [0.2, 0.25) is 0 Å². The second-order valence-electron chi connectivity index (χ2n) is 6.96. The Morgan fingerprint density at radius 3 is 2.73 bits per heavy atom. The van der Waals surface area contributed by atoms with E-state index in [1.165, 1.54) is 5.56 Å². The van der Waals surface area contributed by atoms with E-state index in [2.05, 4.69) is 29.6 Å². The van der Waals surface area contributed by atoms with Crippen LogP contribution in [0.3, 0.4) is 0 Å². The number of carbonyl (C=O) groups excluding carboxylic acids is 1. The van der Waals surface area contributed by atoms with Gasteiger partial charge in [-0.1, -0.05) is 30.3 Å². The van der Waals surface area contributed by atoms with Crippen molar-refractivity contribution in [3.63, 3.8) is 0 Å². The molecule has 1 saturated heterocycles. The van der Waals surface area contributed by atoms with Crippen molar-refractivity contribution < 1.29 is 9.53 Å². The first-order valence-electron chi connectivity index (χ1n) is 8.19. The van der Waals surface area contributed by atoms with Crippen LogP contribution in [0.4, 0.5) is 4.79 Å². The summed E-state index contributed by atoms with van der Waals surface area (Å²) >= 11 is 0. The first-order valence-corrected chi connectivity index (χ1v) is 8.19. The number of hydrogen-bond acceptors (Lipinski definition) is 3. The smallest absolute Gasteiger partial charge is 0.410 e. The summed E-state index contributed by atoms with van der Waals surface area (Å²) < 4.78 is 5.41. The lowest BCUT2D eigenvalue weighted by molar-refractivity contribution is 0.0291. The second-order valence-corrected chi connectivity index (χ2v) is 6.96. The molecule has 1 aromatic rings. The minimum Gasteiger partial charge on any atom is -0.444 e. The largest absolute Gasteiger partial charge is 0.444 e. The lowest BCUT2D eigenvalue weighted by Crippen LogP contribution is -2.38. The third-order valence-electron chi connectivity index (χ3n) is 3.76. The van der Waals surface area contributed by atoms with Crippen LogP contribution in [0.15, 0.2) is 30.3 Å². The molecule has 0 aromatic heterocycles. The van der Waals surface area contributed by atoms with Crippen molar-refractivity contribution in [1.82, 2.24) is 10.2 Å². The molecule has 122 valence electrons. The number of benzene rings is 1. The summed E-state index contributed by atoms with van der Waals surface area (Å²) in [6, 6.07) is 10.9. The van der Waals surface area contributed by atoms with Crippen LogP contribution in [0.25, 0.3) is 0 Å². The van der Waals surface area contributed by atoms with Gasteiger partial charge in [-0.3, -0.25) is 0 Å². The molecule has 4 heteroatoms. The lowest BCUT2D eigenvalue weighted by atomic mass is 10.1. The highest BCUT2D eigenvalue weighted by Gasteiger charge is 2.29. The quantitative estimate of drug-likeness (QED) is 0.849. The van der Waals surface area contributed by atoms with E-state index in [0.29, 0.717) is 6.04 Å². The van der Waals surface area contributed by atoms with E-state index in [1.54, 1.807) is 4.90 Å². The zero-order chi connectivity index (χ0) is 16.0. The number of nitrogens with one attached hydrogen (secondary N) is 1. The number of aryl methyl sites for hydroxylation is 1. The fraction of sp³-hybridized carbons (Fsp3) is 0.611. The number of rotatable bonds is 5. The van der Waals surface area contributed by atoms with Crippen molar-refractivity contribution in [3.8, 4) is 0 Å². The van der Waals surface area contributed by atoms with Crippen LogP contribution in [0, 0.1) is 0 Å². The number of ether oxygens (including phenoxy) is 1. The molecule has 2 rings (SSSR count). The highest BCUT2D eigenvalue weighted by Crippen LogP contribution is 2.15. The second kappa shape index (κ2) is 7.63. The van der Waals surface area contributed by atoms with E-state index in [9.17, 15) is 4.79 Å². The fourth-order valence-corrected chi connectivity index (χ4v) is 2.66. The molecule has 1 amide bonds. The molecule has 0 radical (unpaired) electrons. The first kappa shape index (κ1) is 16.8. The van der Waals surface area contributed by atoms with Gasteiger partial charge in [0.1, 0.15) is 5.60 Å². The Labute approximate surface area is 133 Å². The molecule has 1 unspecified atom stereocenters. The molecular formula is C18H28N2O2. The number of nitrogens with zero attached hydrogens (tertiary/aromatic N) is 1. The maximum atomic E-state index is 12.0. The maximum absolute atomic E-state index is 12.0. The molecule has 4 nitrogen and oxygen atoms in total. The number of hydrogen-bond donors (Lipinski definition) is 1. The SMILES string of the molecule is CC(C)(C)OC(=O)N1CCC(NCCCc2ccccc2)C1. The van der Waals surface area contributed by atoms with Gasteiger partial charge in [0.25, 0.3) is 0 Å². The first-order chi connectivity index (χ1) is 10.4. The predicted octanol–water partition coefficient (Wildman–Crippen LogP) is 3.22. The van der Waals surface area contributed by atoms with Crippen molar-refractivity contribution in [1.29, 1.82) is 0 Å². The maximum Gasteiger partial charge on any atom is 0.410 e. The summed E-state index contributed by atoms with van der Waals surface area (Å²) in [4.78, 5) is 13.8. The van der Waals surface area contributed by atoms with E-state index < -0.39 is 5.60 Å². The van der Waals surface area contributed by atoms with Crippen molar-refractivity contribution in [2.24, 2.45) is 0 Å². The predicted molar refractivity (Wildman–Crippen MR) is 89.0 cm³/mol. The van der Waals surface area contributed by atoms with E-state index in [4.69, 9.17) is 4.74 Å². The minimum absolute atomic E-state index is 0.193. The summed E-state index contributed by atoms with van der Waals surface area (Å²) in [6.07, 6.45) is 3.02. The Morgan fingerprint density at radius 2 is 2.05 bits per heavy atom. The topological polar surface area (TPSA) is 41.6 Å². The summed E-state index contributed by atoms with van der Waals surface area (Å²) in [5.74, 6) is 0. The van der Waals surface area contributed by atoms with Crippen LogP contribution in [-0.4, -0.2) is 42.3 Å². The van der Waals surface area contributed by atoms with Gasteiger partial charge >= 0.3 is 6.09 Å². The highest BCUT2D eigenvalue weighted by molar-refractivity contribution is 5.68. The Morgan fingerprint density at radius 1 is 1.32 bits per heavy atom. The molecule has 1 N–H and O–H groups in total. The van der Waals surface area contributed by atoms with E-state index in [1.807, 2.05) is 26.8 Å². The van der Waals surface area contributed by atoms with Gasteiger partial charge in [-0.25, -0.2) is 4.79 Å². The molecule has 1 heterocycles. The van der Waals surface area contributed by atoms with Crippen molar-refractivity contribution in [2.75, 3.05) is 19.6 Å². The normalized spacial score (nSPS) is 18.5. The van der Waals surface area contributed by atoms with Gasteiger partial charge in [0, 0.05) is 19.1 Å². The molecule has 1 atom stereocenters. The molecule has 0 saturated carbocycles. The molecule has 0 aliphatic carbocycles. The third-order valence-corrected chi connectivity index (χ3v) is 3.76. The molecule has 0 spiro atoms. The lowest BCUT2D eigenvalue weighted by Gasteiger charge is -2.24. The number of carbonyl (C=O) groups is 1. The zero-order valence-corrected chi connectivity index (χ0v) is 14.0. The average molecular weight is 304 g/mol. The molecule has 0 bridgehead atoms. The van der Waals surface area contributed by atoms with Gasteiger partial charge in [-0.15, -0.1) is 0 Å². The minimum atomic E-state index is -0.418. The summed E-state index contributed by atoms with van der Waals surface area (Å²) in [6.45, 7) is 8.23.